The number of ether oxygens (including phenoxy) is 1. The van der Waals surface area contributed by atoms with Crippen molar-refractivity contribution in [2.75, 3.05) is 33.8 Å². The Balaban J connectivity index is 2.04. The van der Waals surface area contributed by atoms with Crippen LogP contribution in [0, 0.1) is 0 Å². The molecule has 0 saturated carbocycles. The Morgan fingerprint density at radius 3 is 2.69 bits per heavy atom. The van der Waals surface area contributed by atoms with Crippen LogP contribution in [0.2, 0.25) is 0 Å². The summed E-state index contributed by atoms with van der Waals surface area (Å²) in [6.45, 7) is 3.35. The molecule has 1 fully saturated rings. The minimum Gasteiger partial charge on any atom is -0.497 e. The Labute approximate surface area is 97.4 Å². The van der Waals surface area contributed by atoms with Crippen LogP contribution < -0.4 is 10.1 Å². The third kappa shape index (κ3) is 2.74. The van der Waals surface area contributed by atoms with E-state index < -0.39 is 0 Å². The Morgan fingerprint density at radius 2 is 2.00 bits per heavy atom. The van der Waals surface area contributed by atoms with Crippen LogP contribution in [0.3, 0.4) is 0 Å². The van der Waals surface area contributed by atoms with Gasteiger partial charge in [0.25, 0.3) is 0 Å². The van der Waals surface area contributed by atoms with Crippen LogP contribution in [0.4, 0.5) is 0 Å². The molecule has 1 unspecified atom stereocenters. The van der Waals surface area contributed by atoms with Gasteiger partial charge in [-0.15, -0.1) is 0 Å². The summed E-state index contributed by atoms with van der Waals surface area (Å²) in [5.74, 6) is 0.925. The quantitative estimate of drug-likeness (QED) is 0.820. The second-order valence-electron chi connectivity index (χ2n) is 4.37. The highest BCUT2D eigenvalue weighted by Crippen LogP contribution is 2.21. The normalized spacial score (nSPS) is 22.8. The maximum atomic E-state index is 5.17. The van der Waals surface area contributed by atoms with Crippen LogP contribution >= 0.6 is 0 Å². The van der Waals surface area contributed by atoms with Crippen molar-refractivity contribution in [1.29, 1.82) is 0 Å². The van der Waals surface area contributed by atoms with E-state index in [1.807, 2.05) is 12.1 Å². The Hall–Kier alpha value is -1.06. The Bertz CT molecular complexity index is 323. The molecule has 1 aromatic carbocycles. The number of nitrogens with zero attached hydrogens (tertiary/aromatic N) is 1. The number of methoxy groups -OCH3 is 1. The number of hydrogen-bond acceptors (Lipinski definition) is 3. The number of nitrogens with one attached hydrogen (secondary N) is 1. The lowest BCUT2D eigenvalue weighted by atomic mass is 10.0. The molecule has 0 amide bonds. The summed E-state index contributed by atoms with van der Waals surface area (Å²) in [6.07, 6.45) is 1.17. The maximum Gasteiger partial charge on any atom is 0.118 e. The molecular weight excluding hydrogens is 200 g/mol. The van der Waals surface area contributed by atoms with E-state index in [0.717, 1.165) is 25.4 Å². The number of likely N-dealkylation sites (N-methyl/N-ethyl adjacent to an activating group) is 1. The van der Waals surface area contributed by atoms with Gasteiger partial charge in [-0.1, -0.05) is 12.1 Å². The molecule has 3 nitrogen and oxygen atoms in total. The van der Waals surface area contributed by atoms with Crippen molar-refractivity contribution < 1.29 is 4.74 Å². The molecular formula is C13H20N2O. The summed E-state index contributed by atoms with van der Waals surface area (Å²) >= 11 is 0. The van der Waals surface area contributed by atoms with Crippen molar-refractivity contribution in [3.63, 3.8) is 0 Å². The number of benzene rings is 1. The first-order valence-electron chi connectivity index (χ1n) is 5.85. The zero-order valence-corrected chi connectivity index (χ0v) is 10.1. The maximum absolute atomic E-state index is 5.17. The third-order valence-electron chi connectivity index (χ3n) is 3.20. The fraction of sp³-hybridized carbons (Fsp3) is 0.538. The Kier molecular flexibility index (Phi) is 3.80. The molecule has 1 saturated heterocycles. The van der Waals surface area contributed by atoms with Crippen molar-refractivity contribution in [3.05, 3.63) is 29.8 Å². The first kappa shape index (κ1) is 11.4. The summed E-state index contributed by atoms with van der Waals surface area (Å²) in [7, 11) is 3.88. The average Bonchev–Trinajstić information content (AvgIpc) is 2.54. The van der Waals surface area contributed by atoms with Crippen LogP contribution in [-0.2, 0) is 0 Å². The summed E-state index contributed by atoms with van der Waals surface area (Å²) in [4.78, 5) is 2.37. The van der Waals surface area contributed by atoms with E-state index in [9.17, 15) is 0 Å². The van der Waals surface area contributed by atoms with E-state index in [1.54, 1.807) is 7.11 Å². The molecule has 1 atom stereocenters. The van der Waals surface area contributed by atoms with E-state index in [-0.39, 0.29) is 0 Å². The molecule has 0 aliphatic carbocycles. The zero-order chi connectivity index (χ0) is 11.4. The largest absolute Gasteiger partial charge is 0.497 e. The van der Waals surface area contributed by atoms with Gasteiger partial charge in [-0.05, 0) is 37.7 Å². The molecule has 0 spiro atoms. The SMILES string of the molecule is COc1ccc(C2CCN(C)CCN2)cc1. The van der Waals surface area contributed by atoms with Crippen LogP contribution in [0.25, 0.3) is 0 Å². The predicted molar refractivity (Wildman–Crippen MR) is 65.9 cm³/mol. The lowest BCUT2D eigenvalue weighted by molar-refractivity contribution is 0.355. The number of hydrogen-bond donors (Lipinski definition) is 1. The van der Waals surface area contributed by atoms with Crippen molar-refractivity contribution in [2.24, 2.45) is 0 Å². The lowest BCUT2D eigenvalue weighted by Gasteiger charge is -2.16. The van der Waals surface area contributed by atoms with E-state index in [1.165, 1.54) is 12.0 Å². The molecule has 0 bridgehead atoms. The first-order valence-corrected chi connectivity index (χ1v) is 5.85. The summed E-state index contributed by atoms with van der Waals surface area (Å²) in [6, 6.07) is 8.86. The van der Waals surface area contributed by atoms with Crippen molar-refractivity contribution in [1.82, 2.24) is 10.2 Å². The van der Waals surface area contributed by atoms with Crippen LogP contribution in [0.5, 0.6) is 5.75 Å². The zero-order valence-electron chi connectivity index (χ0n) is 10.1. The highest BCUT2D eigenvalue weighted by Gasteiger charge is 2.15. The van der Waals surface area contributed by atoms with E-state index in [4.69, 9.17) is 4.74 Å². The molecule has 16 heavy (non-hydrogen) atoms. The van der Waals surface area contributed by atoms with E-state index in [0.29, 0.717) is 6.04 Å². The Morgan fingerprint density at radius 1 is 1.25 bits per heavy atom. The van der Waals surface area contributed by atoms with Gasteiger partial charge in [0.15, 0.2) is 0 Å². The standard InChI is InChI=1S/C13H20N2O/c1-15-9-7-13(14-8-10-15)11-3-5-12(16-2)6-4-11/h3-6,13-14H,7-10H2,1-2H3. The molecule has 0 radical (unpaired) electrons. The van der Waals surface area contributed by atoms with E-state index >= 15 is 0 Å². The molecule has 88 valence electrons. The second-order valence-corrected chi connectivity index (χ2v) is 4.37. The monoisotopic (exact) mass is 220 g/mol. The summed E-state index contributed by atoms with van der Waals surface area (Å²) in [5, 5.41) is 3.58. The summed E-state index contributed by atoms with van der Waals surface area (Å²) in [5.41, 5.74) is 1.36. The van der Waals surface area contributed by atoms with Gasteiger partial charge >= 0.3 is 0 Å². The van der Waals surface area contributed by atoms with Gasteiger partial charge in [-0.3, -0.25) is 0 Å². The molecule has 2 rings (SSSR count). The van der Waals surface area contributed by atoms with Crippen molar-refractivity contribution in [2.45, 2.75) is 12.5 Å². The van der Waals surface area contributed by atoms with Gasteiger partial charge in [0.2, 0.25) is 0 Å². The average molecular weight is 220 g/mol. The van der Waals surface area contributed by atoms with Gasteiger partial charge in [0, 0.05) is 19.1 Å². The molecule has 1 aliphatic rings. The molecule has 1 N–H and O–H groups in total. The van der Waals surface area contributed by atoms with Gasteiger partial charge in [0.1, 0.15) is 5.75 Å². The first-order chi connectivity index (χ1) is 7.79. The number of rotatable bonds is 2. The van der Waals surface area contributed by atoms with Crippen molar-refractivity contribution >= 4 is 0 Å². The van der Waals surface area contributed by atoms with Gasteiger partial charge in [-0.25, -0.2) is 0 Å². The fourth-order valence-corrected chi connectivity index (χ4v) is 2.11. The fourth-order valence-electron chi connectivity index (χ4n) is 2.11. The highest BCUT2D eigenvalue weighted by atomic mass is 16.5. The lowest BCUT2D eigenvalue weighted by Crippen LogP contribution is -2.24. The van der Waals surface area contributed by atoms with Crippen LogP contribution in [0.15, 0.2) is 24.3 Å². The smallest absolute Gasteiger partial charge is 0.118 e. The van der Waals surface area contributed by atoms with Gasteiger partial charge < -0.3 is 15.0 Å². The topological polar surface area (TPSA) is 24.5 Å². The second kappa shape index (κ2) is 5.32. The van der Waals surface area contributed by atoms with Gasteiger partial charge in [0.05, 0.1) is 7.11 Å². The minimum absolute atomic E-state index is 0.482. The molecule has 1 aliphatic heterocycles. The molecule has 1 aromatic rings. The minimum atomic E-state index is 0.482. The molecule has 0 aromatic heterocycles. The third-order valence-corrected chi connectivity index (χ3v) is 3.20. The summed E-state index contributed by atoms with van der Waals surface area (Å²) < 4.78 is 5.17. The van der Waals surface area contributed by atoms with Crippen LogP contribution in [0.1, 0.15) is 18.0 Å². The van der Waals surface area contributed by atoms with Crippen molar-refractivity contribution in [3.8, 4) is 5.75 Å². The predicted octanol–water partition coefficient (Wildman–Crippen LogP) is 1.66. The van der Waals surface area contributed by atoms with Gasteiger partial charge in [-0.2, -0.15) is 0 Å². The molecule has 3 heteroatoms. The van der Waals surface area contributed by atoms with Crippen LogP contribution in [-0.4, -0.2) is 38.7 Å². The van der Waals surface area contributed by atoms with E-state index in [2.05, 4.69) is 29.4 Å². The highest BCUT2D eigenvalue weighted by molar-refractivity contribution is 5.29. The molecule has 1 heterocycles.